The average Bonchev–Trinajstić information content (AvgIpc) is 3.26. The number of carbonyl (C=O) groups excluding carboxylic acids is 2. The van der Waals surface area contributed by atoms with E-state index in [9.17, 15) is 30.0 Å². The molecule has 2 aliphatic heterocycles. The second-order valence-electron chi connectivity index (χ2n) is 19.1. The second-order valence-corrected chi connectivity index (χ2v) is 19.1. The first-order chi connectivity index (χ1) is 29.7. The van der Waals surface area contributed by atoms with Gasteiger partial charge in [0.2, 0.25) is 5.79 Å². The molecule has 0 radical (unpaired) electrons. The summed E-state index contributed by atoms with van der Waals surface area (Å²) in [6.45, 7) is 13.5. The maximum atomic E-state index is 14.4. The van der Waals surface area contributed by atoms with Crippen molar-refractivity contribution in [2.24, 2.45) is 28.8 Å². The first kappa shape index (κ1) is 50.5. The number of ether oxygens (including phenoxy) is 5. The fourth-order valence-electron chi connectivity index (χ4n) is 9.97. The van der Waals surface area contributed by atoms with Gasteiger partial charge in [-0.3, -0.25) is 4.79 Å². The summed E-state index contributed by atoms with van der Waals surface area (Å²) in [5, 5.41) is 53.5. The normalized spacial score (nSPS) is 37.8. The number of oxime groups is 1. The van der Waals surface area contributed by atoms with Crippen molar-refractivity contribution < 1.29 is 58.5 Å². The van der Waals surface area contributed by atoms with Crippen molar-refractivity contribution in [3.63, 3.8) is 0 Å². The minimum atomic E-state index is -1.99. The van der Waals surface area contributed by atoms with Crippen LogP contribution in [0.4, 0.5) is 0 Å². The van der Waals surface area contributed by atoms with Crippen molar-refractivity contribution in [2.45, 2.75) is 173 Å². The lowest BCUT2D eigenvalue weighted by Gasteiger charge is -2.47. The van der Waals surface area contributed by atoms with Crippen LogP contribution >= 0.6 is 0 Å². The van der Waals surface area contributed by atoms with Gasteiger partial charge in [-0.2, -0.15) is 0 Å². The first-order valence-electron chi connectivity index (χ1n) is 22.8. The summed E-state index contributed by atoms with van der Waals surface area (Å²) in [6, 6.07) is 16.3. The number of hydrogen-bond donors (Lipinski definition) is 4. The maximum absolute atomic E-state index is 14.4. The molecule has 0 unspecified atom stereocenters. The Morgan fingerprint density at radius 3 is 2.11 bits per heavy atom. The molecule has 0 aromatic heterocycles. The molecule has 2 saturated heterocycles. The van der Waals surface area contributed by atoms with Crippen molar-refractivity contribution in [3.8, 4) is 11.1 Å². The van der Waals surface area contributed by atoms with Gasteiger partial charge < -0.3 is 53.8 Å². The lowest BCUT2D eigenvalue weighted by atomic mass is 9.73. The van der Waals surface area contributed by atoms with E-state index in [2.05, 4.69) is 5.16 Å². The van der Waals surface area contributed by atoms with E-state index in [1.54, 1.807) is 53.9 Å². The van der Waals surface area contributed by atoms with Gasteiger partial charge in [-0.1, -0.05) is 81.7 Å². The number of hydrogen-bond acceptors (Lipinski definition) is 14. The number of carbonyl (C=O) groups is 2. The number of nitrogens with zero attached hydrogens (tertiary/aromatic N) is 2. The summed E-state index contributed by atoms with van der Waals surface area (Å²) in [7, 11) is 5.30. The molecular formula is C49H74N2O12. The van der Waals surface area contributed by atoms with E-state index >= 15 is 0 Å². The summed E-state index contributed by atoms with van der Waals surface area (Å²) < 4.78 is 31.3. The highest BCUT2D eigenvalue weighted by molar-refractivity contribution is 5.90. The lowest BCUT2D eigenvalue weighted by Crippen LogP contribution is -2.60. The Morgan fingerprint density at radius 1 is 0.905 bits per heavy atom. The number of rotatable bonds is 10. The lowest BCUT2D eigenvalue weighted by molar-refractivity contribution is -0.298. The van der Waals surface area contributed by atoms with Crippen LogP contribution in [0.1, 0.15) is 117 Å². The van der Waals surface area contributed by atoms with Crippen LogP contribution in [0.15, 0.2) is 59.8 Å². The topological polar surface area (TPSA) is 186 Å². The highest BCUT2D eigenvalue weighted by atomic mass is 16.8. The molecule has 3 fully saturated rings. The molecule has 2 aromatic carbocycles. The van der Waals surface area contributed by atoms with Crippen molar-refractivity contribution in [3.05, 3.63) is 60.2 Å². The molecular weight excluding hydrogens is 809 g/mol. The largest absolute Gasteiger partial charge is 0.459 e. The molecule has 4 N–H and O–H groups in total. The molecule has 0 spiro atoms. The van der Waals surface area contributed by atoms with Gasteiger partial charge in [0, 0.05) is 43.7 Å². The van der Waals surface area contributed by atoms with Gasteiger partial charge in [-0.05, 0) is 97.2 Å². The van der Waals surface area contributed by atoms with Crippen LogP contribution in [0.5, 0.6) is 0 Å². The predicted octanol–water partition coefficient (Wildman–Crippen LogP) is 6.50. The van der Waals surface area contributed by atoms with E-state index in [0.29, 0.717) is 25.0 Å². The molecule has 14 heteroatoms. The highest BCUT2D eigenvalue weighted by Gasteiger charge is 2.52. The molecule has 0 amide bonds. The third-order valence-corrected chi connectivity index (χ3v) is 13.9. The van der Waals surface area contributed by atoms with Crippen LogP contribution < -0.4 is 0 Å². The van der Waals surface area contributed by atoms with Crippen LogP contribution in [0, 0.1) is 23.7 Å². The molecule has 352 valence electrons. The summed E-state index contributed by atoms with van der Waals surface area (Å²) in [5.74, 6) is -6.15. The third-order valence-electron chi connectivity index (χ3n) is 13.9. The first-order valence-corrected chi connectivity index (χ1v) is 22.8. The van der Waals surface area contributed by atoms with Crippen LogP contribution in [0.2, 0.25) is 0 Å². The Kier molecular flexibility index (Phi) is 17.0. The van der Waals surface area contributed by atoms with Gasteiger partial charge in [0.05, 0.1) is 41.1 Å². The van der Waals surface area contributed by atoms with Crippen molar-refractivity contribution in [1.82, 2.24) is 4.90 Å². The molecule has 14 atom stereocenters. The predicted molar refractivity (Wildman–Crippen MR) is 238 cm³/mol. The van der Waals surface area contributed by atoms with Gasteiger partial charge >= 0.3 is 11.9 Å². The SMILES string of the molecule is CC[C@@H]1OC(=O)[C@H](C)[C@@H](OC(=O)c2ccc(-c3ccccc3)cc2)[C@H](C)[C@@H](O[C@@H]2O[C@H](C)C[C@H](N(C)C)[C@H]2O)[C@@](C)(O)C[C@H](C)/C(=N\OC2(OC)CCCCC2)[C@@H](C)[C@@H](O)[C@]1(C)O. The summed E-state index contributed by atoms with van der Waals surface area (Å²) in [5.41, 5.74) is -1.37. The quantitative estimate of drug-likeness (QED) is 0.115. The Morgan fingerprint density at radius 2 is 1.52 bits per heavy atom. The fraction of sp³-hybridized carbons (Fsp3) is 0.694. The highest BCUT2D eigenvalue weighted by Crippen LogP contribution is 2.40. The molecule has 1 saturated carbocycles. The van der Waals surface area contributed by atoms with Crippen molar-refractivity contribution in [2.75, 3.05) is 21.2 Å². The minimum absolute atomic E-state index is 0.0451. The van der Waals surface area contributed by atoms with E-state index in [0.717, 1.165) is 30.4 Å². The van der Waals surface area contributed by atoms with E-state index < -0.39 is 89.4 Å². The molecule has 1 aliphatic carbocycles. The van der Waals surface area contributed by atoms with Crippen molar-refractivity contribution >= 4 is 17.7 Å². The Balaban J connectivity index is 1.62. The average molecular weight is 883 g/mol. The molecule has 2 aromatic rings. The maximum Gasteiger partial charge on any atom is 0.338 e. The molecule has 63 heavy (non-hydrogen) atoms. The number of benzene rings is 2. The third kappa shape index (κ3) is 11.7. The van der Waals surface area contributed by atoms with Crippen LogP contribution in [-0.4, -0.2) is 130 Å². The van der Waals surface area contributed by atoms with Crippen LogP contribution in [-0.2, 0) is 33.3 Å². The Labute approximate surface area is 374 Å². The summed E-state index contributed by atoms with van der Waals surface area (Å²) in [6.07, 6.45) is -3.33. The molecule has 0 bridgehead atoms. The van der Waals surface area contributed by atoms with E-state index in [-0.39, 0.29) is 30.6 Å². The van der Waals surface area contributed by atoms with E-state index in [1.807, 2.05) is 75.3 Å². The van der Waals surface area contributed by atoms with Crippen LogP contribution in [0.25, 0.3) is 11.1 Å². The van der Waals surface area contributed by atoms with E-state index in [1.165, 1.54) is 6.92 Å². The van der Waals surface area contributed by atoms with Gasteiger partial charge in [0.15, 0.2) is 6.29 Å². The number of likely N-dealkylation sites (N-methyl/N-ethyl adjacent to an activating group) is 1. The minimum Gasteiger partial charge on any atom is -0.459 e. The second kappa shape index (κ2) is 21.2. The van der Waals surface area contributed by atoms with Gasteiger partial charge in [0.1, 0.15) is 23.9 Å². The number of esters is 2. The molecule has 14 nitrogen and oxygen atoms in total. The molecule has 2 heterocycles. The zero-order valence-corrected chi connectivity index (χ0v) is 39.2. The van der Waals surface area contributed by atoms with Crippen molar-refractivity contribution in [1.29, 1.82) is 0 Å². The number of methoxy groups -OCH3 is 1. The van der Waals surface area contributed by atoms with Crippen LogP contribution in [0.3, 0.4) is 0 Å². The van der Waals surface area contributed by atoms with Gasteiger partial charge in [-0.25, -0.2) is 4.79 Å². The molecule has 5 rings (SSSR count). The zero-order chi connectivity index (χ0) is 46.4. The monoisotopic (exact) mass is 883 g/mol. The number of aliphatic hydroxyl groups excluding tert-OH is 2. The summed E-state index contributed by atoms with van der Waals surface area (Å²) in [4.78, 5) is 36.8. The Hall–Kier alpha value is -3.47. The smallest absolute Gasteiger partial charge is 0.338 e. The number of aliphatic hydroxyl groups is 4. The Bertz CT molecular complexity index is 1810. The van der Waals surface area contributed by atoms with E-state index in [4.69, 9.17) is 28.5 Å². The zero-order valence-electron chi connectivity index (χ0n) is 39.2. The molecule has 3 aliphatic rings. The van der Waals surface area contributed by atoms with Gasteiger partial charge in [-0.15, -0.1) is 0 Å². The number of cyclic esters (lactones) is 1. The standard InChI is InChI=1S/C49H74N2O12/c1-12-38-48(8,57)42(53)31(4)39(50-63-49(58-11)25-17-14-18-26-49)29(2)28-47(7,56)43(62-46-40(52)37(51(9)10)27-30(3)59-46)32(5)41(33(6)44(54)60-38)61-45(55)36-23-21-35(22-24-36)34-19-15-13-16-20-34/h13,15-16,19-24,29-33,37-38,40-43,46,52-53,56-57H,12,14,17-18,25-28H2,1-11H3/b50-39+/t29-,30+,31+,32-,33+,37-,38-,40+,41-,42+,43+,46-,47-,48+/m0/s1. The summed E-state index contributed by atoms with van der Waals surface area (Å²) >= 11 is 0. The fourth-order valence-corrected chi connectivity index (χ4v) is 9.97. The van der Waals surface area contributed by atoms with Gasteiger partial charge in [0.25, 0.3) is 0 Å².